The molecule has 1 fully saturated rings. The minimum absolute atomic E-state index is 0.236. The fraction of sp³-hybridized carbons (Fsp3) is 0.808. The molecule has 162 valence electrons. The highest BCUT2D eigenvalue weighted by Crippen LogP contribution is 2.59. The highest BCUT2D eigenvalue weighted by molar-refractivity contribution is 8.03. The van der Waals surface area contributed by atoms with Gasteiger partial charge in [-0.15, -0.1) is 11.8 Å². The number of hydrogen-bond donors (Lipinski definition) is 0. The summed E-state index contributed by atoms with van der Waals surface area (Å²) in [6.45, 7) is 20.5. The van der Waals surface area contributed by atoms with E-state index in [9.17, 15) is 4.79 Å². The van der Waals surface area contributed by atoms with E-state index in [-0.39, 0.29) is 5.41 Å². The Kier molecular flexibility index (Phi) is 10.1. The van der Waals surface area contributed by atoms with Crippen LogP contribution in [-0.2, 0) is 4.79 Å². The Morgan fingerprint density at radius 3 is 2.36 bits per heavy atom. The molecule has 0 amide bonds. The average molecular weight is 407 g/mol. The average Bonchev–Trinajstić information content (AvgIpc) is 3.26. The zero-order valence-electron chi connectivity index (χ0n) is 20.2. The van der Waals surface area contributed by atoms with Gasteiger partial charge in [0, 0.05) is 22.7 Å². The third-order valence-electron chi connectivity index (χ3n) is 5.95. The van der Waals surface area contributed by atoms with Crippen LogP contribution in [-0.4, -0.2) is 11.5 Å². The number of carbonyl (C=O) groups excluding carboxylic acids is 1. The van der Waals surface area contributed by atoms with Crippen LogP contribution in [0.25, 0.3) is 0 Å². The topological polar surface area (TPSA) is 17.1 Å². The molecule has 1 unspecified atom stereocenters. The van der Waals surface area contributed by atoms with E-state index < -0.39 is 0 Å². The van der Waals surface area contributed by atoms with Gasteiger partial charge in [-0.3, -0.25) is 4.79 Å². The second-order valence-electron chi connectivity index (χ2n) is 10.8. The molecule has 2 heteroatoms. The van der Waals surface area contributed by atoms with Crippen LogP contribution in [0, 0.1) is 22.7 Å². The van der Waals surface area contributed by atoms with Crippen LogP contribution in [0.3, 0.4) is 0 Å². The first kappa shape index (κ1) is 25.5. The van der Waals surface area contributed by atoms with E-state index >= 15 is 0 Å². The predicted molar refractivity (Wildman–Crippen MR) is 128 cm³/mol. The molecule has 1 saturated carbocycles. The first-order valence-electron chi connectivity index (χ1n) is 11.5. The Hall–Kier alpha value is -0.500. The summed E-state index contributed by atoms with van der Waals surface area (Å²) in [5, 5.41) is 0. The summed E-state index contributed by atoms with van der Waals surface area (Å²) < 4.78 is 0. The van der Waals surface area contributed by atoms with Crippen LogP contribution in [0.1, 0.15) is 107 Å². The Morgan fingerprint density at radius 2 is 1.86 bits per heavy atom. The lowest BCUT2D eigenvalue weighted by molar-refractivity contribution is -0.115. The third-order valence-corrected chi connectivity index (χ3v) is 7.46. The molecule has 0 aromatic rings. The minimum atomic E-state index is 0.236. The lowest BCUT2D eigenvalue weighted by Gasteiger charge is -2.21. The number of thioether (sulfide) groups is 1. The molecule has 0 spiro atoms. The van der Waals surface area contributed by atoms with Crippen molar-refractivity contribution in [3.63, 3.8) is 0 Å². The smallest absolute Gasteiger partial charge is 0.163 e. The van der Waals surface area contributed by atoms with Crippen molar-refractivity contribution in [1.82, 2.24) is 0 Å². The van der Waals surface area contributed by atoms with Gasteiger partial charge in [0.1, 0.15) is 0 Å². The van der Waals surface area contributed by atoms with Crippen molar-refractivity contribution in [3.05, 3.63) is 22.1 Å². The molecule has 0 heterocycles. The van der Waals surface area contributed by atoms with Gasteiger partial charge in [0.2, 0.25) is 0 Å². The molecule has 28 heavy (non-hydrogen) atoms. The summed E-state index contributed by atoms with van der Waals surface area (Å²) >= 11 is 1.91. The molecule has 1 nitrogen and oxygen atoms in total. The highest BCUT2D eigenvalue weighted by atomic mass is 32.2. The standard InChI is InChI=1S/C26H46OS/c1-10-12-23(28-18-19(3)4)24(22(27)14-13-20(5)11-2)21-17-26(21,9)16-15-25(6,7)8/h12,19-20H,10-11,13-18H2,1-9H3/b23-12+,24-21+/t20?,26-/m1/s1. The van der Waals surface area contributed by atoms with Gasteiger partial charge < -0.3 is 0 Å². The highest BCUT2D eigenvalue weighted by Gasteiger charge is 2.47. The molecular weight excluding hydrogens is 360 g/mol. The van der Waals surface area contributed by atoms with Crippen molar-refractivity contribution in [2.24, 2.45) is 22.7 Å². The maximum atomic E-state index is 13.4. The number of carbonyl (C=O) groups is 1. The summed E-state index contributed by atoms with van der Waals surface area (Å²) in [7, 11) is 0. The zero-order chi connectivity index (χ0) is 21.5. The second kappa shape index (κ2) is 11.0. The van der Waals surface area contributed by atoms with Crippen molar-refractivity contribution >= 4 is 17.5 Å². The first-order chi connectivity index (χ1) is 12.9. The quantitative estimate of drug-likeness (QED) is 0.302. The molecule has 1 aliphatic rings. The Balaban J connectivity index is 3.13. The molecular formula is C26H46OS. The summed E-state index contributed by atoms with van der Waals surface area (Å²) in [6.07, 6.45) is 9.69. The van der Waals surface area contributed by atoms with E-state index in [0.717, 1.165) is 37.0 Å². The second-order valence-corrected chi connectivity index (χ2v) is 11.9. The van der Waals surface area contributed by atoms with Crippen molar-refractivity contribution in [1.29, 1.82) is 0 Å². The predicted octanol–water partition coefficient (Wildman–Crippen LogP) is 8.60. The Bertz CT molecular complexity index is 576. The van der Waals surface area contributed by atoms with E-state index in [1.807, 2.05) is 11.8 Å². The number of ketones is 1. The van der Waals surface area contributed by atoms with E-state index in [0.29, 0.717) is 29.5 Å². The van der Waals surface area contributed by atoms with Crippen LogP contribution in [0.4, 0.5) is 0 Å². The summed E-state index contributed by atoms with van der Waals surface area (Å²) in [5.41, 5.74) is 3.14. The van der Waals surface area contributed by atoms with Gasteiger partial charge in [-0.25, -0.2) is 0 Å². The summed E-state index contributed by atoms with van der Waals surface area (Å²) in [4.78, 5) is 14.6. The number of rotatable bonds is 12. The monoisotopic (exact) mass is 406 g/mol. The lowest BCUT2D eigenvalue weighted by atomic mass is 9.85. The van der Waals surface area contributed by atoms with Gasteiger partial charge in [-0.2, -0.15) is 0 Å². The normalized spacial score (nSPS) is 23.1. The van der Waals surface area contributed by atoms with E-state index in [1.54, 1.807) is 0 Å². The van der Waals surface area contributed by atoms with Crippen LogP contribution in [0.2, 0.25) is 0 Å². The van der Waals surface area contributed by atoms with Crippen LogP contribution < -0.4 is 0 Å². The van der Waals surface area contributed by atoms with E-state index in [2.05, 4.69) is 68.4 Å². The fourth-order valence-electron chi connectivity index (χ4n) is 3.46. The molecule has 0 aliphatic heterocycles. The van der Waals surface area contributed by atoms with Gasteiger partial charge in [0.25, 0.3) is 0 Å². The van der Waals surface area contributed by atoms with Crippen LogP contribution in [0.15, 0.2) is 22.1 Å². The summed E-state index contributed by atoms with van der Waals surface area (Å²) in [6, 6.07) is 0. The van der Waals surface area contributed by atoms with Gasteiger partial charge in [-0.1, -0.05) is 80.4 Å². The van der Waals surface area contributed by atoms with Gasteiger partial charge in [-0.05, 0) is 54.8 Å². The molecule has 0 aromatic carbocycles. The Labute approximate surface area is 180 Å². The van der Waals surface area contributed by atoms with Gasteiger partial charge in [0.15, 0.2) is 5.78 Å². The maximum absolute atomic E-state index is 13.4. The number of hydrogen-bond acceptors (Lipinski definition) is 2. The molecule has 2 atom stereocenters. The molecule has 0 radical (unpaired) electrons. The minimum Gasteiger partial charge on any atom is -0.294 e. The largest absolute Gasteiger partial charge is 0.294 e. The molecule has 0 saturated heterocycles. The van der Waals surface area contributed by atoms with Gasteiger partial charge >= 0.3 is 0 Å². The van der Waals surface area contributed by atoms with Crippen molar-refractivity contribution < 1.29 is 4.79 Å². The SMILES string of the molecule is CC/C=C(SCC(C)C)\C(C(=O)CCC(C)CC)=C1/C[C@@]1(C)CCC(C)(C)C. The number of Topliss-reactive ketones (excluding diaryl/α,β-unsaturated/α-hetero) is 1. The maximum Gasteiger partial charge on any atom is 0.163 e. The van der Waals surface area contributed by atoms with Crippen molar-refractivity contribution in [2.75, 3.05) is 5.75 Å². The lowest BCUT2D eigenvalue weighted by Crippen LogP contribution is -2.11. The van der Waals surface area contributed by atoms with Crippen molar-refractivity contribution in [3.8, 4) is 0 Å². The number of allylic oxidation sites excluding steroid dienone is 3. The molecule has 0 bridgehead atoms. The summed E-state index contributed by atoms with van der Waals surface area (Å²) in [5.74, 6) is 2.74. The van der Waals surface area contributed by atoms with Crippen LogP contribution in [0.5, 0.6) is 0 Å². The van der Waals surface area contributed by atoms with E-state index in [1.165, 1.54) is 23.3 Å². The molecule has 0 aromatic heterocycles. The van der Waals surface area contributed by atoms with Gasteiger partial charge in [0.05, 0.1) is 0 Å². The molecule has 1 aliphatic carbocycles. The molecule has 1 rings (SSSR count). The van der Waals surface area contributed by atoms with E-state index in [4.69, 9.17) is 0 Å². The Morgan fingerprint density at radius 1 is 1.21 bits per heavy atom. The first-order valence-corrected chi connectivity index (χ1v) is 12.5. The molecule has 0 N–H and O–H groups in total. The fourth-order valence-corrected chi connectivity index (χ4v) is 4.64. The van der Waals surface area contributed by atoms with Crippen LogP contribution >= 0.6 is 11.8 Å². The van der Waals surface area contributed by atoms with Crippen molar-refractivity contribution in [2.45, 2.75) is 107 Å². The zero-order valence-corrected chi connectivity index (χ0v) is 21.0. The third kappa shape index (κ3) is 8.47.